The second-order valence-electron chi connectivity index (χ2n) is 4.47. The van der Waals surface area contributed by atoms with Crippen molar-refractivity contribution in [2.75, 3.05) is 14.1 Å². The number of nitrogens with zero attached hydrogens (tertiary/aromatic N) is 2. The highest BCUT2D eigenvalue weighted by Gasteiger charge is 1.98. The number of hydrogen-bond acceptors (Lipinski definition) is 2. The molecule has 0 unspecified atom stereocenters. The molecule has 0 aliphatic rings. The molecule has 19 heavy (non-hydrogen) atoms. The van der Waals surface area contributed by atoms with Gasteiger partial charge in [0.15, 0.2) is 0 Å². The number of rotatable bonds is 4. The highest BCUT2D eigenvalue weighted by molar-refractivity contribution is 6.15. The Morgan fingerprint density at radius 1 is 0.895 bits per heavy atom. The van der Waals surface area contributed by atoms with E-state index < -0.39 is 0 Å². The van der Waals surface area contributed by atoms with E-state index in [0.717, 1.165) is 11.1 Å². The van der Waals surface area contributed by atoms with Crippen LogP contribution in [0.15, 0.2) is 65.8 Å². The van der Waals surface area contributed by atoms with Crippen LogP contribution in [-0.4, -0.2) is 25.3 Å². The van der Waals surface area contributed by atoms with Crippen LogP contribution >= 0.6 is 0 Å². The van der Waals surface area contributed by atoms with E-state index in [-0.39, 0.29) is 0 Å². The van der Waals surface area contributed by atoms with E-state index in [2.05, 4.69) is 35.4 Å². The summed E-state index contributed by atoms with van der Waals surface area (Å²) in [6, 6.07) is 20.6. The Morgan fingerprint density at radius 3 is 2.05 bits per heavy atom. The first-order valence-corrected chi connectivity index (χ1v) is 6.29. The Labute approximate surface area is 114 Å². The van der Waals surface area contributed by atoms with Gasteiger partial charge in [-0.1, -0.05) is 60.7 Å². The minimum Gasteiger partial charge on any atom is -0.303 e. The highest BCUT2D eigenvalue weighted by Crippen LogP contribution is 2.16. The van der Waals surface area contributed by atoms with Crippen molar-refractivity contribution in [2.24, 2.45) is 5.10 Å². The number of hydrazone groups is 1. The Hall–Kier alpha value is -2.35. The summed E-state index contributed by atoms with van der Waals surface area (Å²) in [5.41, 5.74) is 3.43. The molecule has 0 radical (unpaired) electrons. The largest absolute Gasteiger partial charge is 0.303 e. The van der Waals surface area contributed by atoms with Gasteiger partial charge in [0.1, 0.15) is 0 Å². The van der Waals surface area contributed by atoms with E-state index in [9.17, 15) is 0 Å². The van der Waals surface area contributed by atoms with Crippen LogP contribution in [0.3, 0.4) is 0 Å². The fourth-order valence-corrected chi connectivity index (χ4v) is 1.73. The molecule has 0 N–H and O–H groups in total. The number of hydrogen-bond donors (Lipinski definition) is 0. The maximum atomic E-state index is 4.34. The standard InChI is InChI=1S/C17H18N2/c1-19(2)18-14-17(16-11-7-4-8-12-16)13-15-9-5-3-6-10-15/h3-14H,1-2H3/b17-13-,18-14+. The van der Waals surface area contributed by atoms with Gasteiger partial charge in [-0.3, -0.25) is 0 Å². The number of allylic oxidation sites excluding steroid dienone is 1. The third-order valence-electron chi connectivity index (χ3n) is 2.66. The van der Waals surface area contributed by atoms with Gasteiger partial charge in [-0.25, -0.2) is 0 Å². The molecular formula is C17H18N2. The van der Waals surface area contributed by atoms with Gasteiger partial charge in [-0.05, 0) is 17.2 Å². The molecule has 0 saturated carbocycles. The summed E-state index contributed by atoms with van der Waals surface area (Å²) in [7, 11) is 3.84. The molecule has 96 valence electrons. The maximum Gasteiger partial charge on any atom is 0.0548 e. The molecule has 0 amide bonds. The second-order valence-corrected chi connectivity index (χ2v) is 4.47. The lowest BCUT2D eigenvalue weighted by molar-refractivity contribution is 0.441. The van der Waals surface area contributed by atoms with Crippen molar-refractivity contribution in [3.63, 3.8) is 0 Å². The third-order valence-corrected chi connectivity index (χ3v) is 2.66. The van der Waals surface area contributed by atoms with Gasteiger partial charge in [0.05, 0.1) is 6.21 Å². The maximum absolute atomic E-state index is 4.34. The van der Waals surface area contributed by atoms with Gasteiger partial charge in [0.2, 0.25) is 0 Å². The lowest BCUT2D eigenvalue weighted by atomic mass is 10.0. The van der Waals surface area contributed by atoms with Crippen molar-refractivity contribution in [3.8, 4) is 0 Å². The Kier molecular flexibility index (Phi) is 4.51. The van der Waals surface area contributed by atoms with Crippen molar-refractivity contribution >= 4 is 17.9 Å². The van der Waals surface area contributed by atoms with Crippen LogP contribution < -0.4 is 0 Å². The summed E-state index contributed by atoms with van der Waals surface area (Å²) in [4.78, 5) is 0. The molecule has 0 heterocycles. The molecule has 0 fully saturated rings. The van der Waals surface area contributed by atoms with Gasteiger partial charge in [0, 0.05) is 19.7 Å². The first-order chi connectivity index (χ1) is 9.25. The molecule has 0 aromatic heterocycles. The molecule has 0 saturated heterocycles. The van der Waals surface area contributed by atoms with E-state index in [0.29, 0.717) is 0 Å². The average molecular weight is 250 g/mol. The van der Waals surface area contributed by atoms with Crippen LogP contribution in [0.2, 0.25) is 0 Å². The Bertz CT molecular complexity index is 554. The zero-order valence-electron chi connectivity index (χ0n) is 11.3. The summed E-state index contributed by atoms with van der Waals surface area (Å²) < 4.78 is 0. The summed E-state index contributed by atoms with van der Waals surface area (Å²) in [5.74, 6) is 0. The summed E-state index contributed by atoms with van der Waals surface area (Å²) >= 11 is 0. The second kappa shape index (κ2) is 6.55. The minimum absolute atomic E-state index is 1.10. The third kappa shape index (κ3) is 4.11. The van der Waals surface area contributed by atoms with E-state index >= 15 is 0 Å². The van der Waals surface area contributed by atoms with Gasteiger partial charge in [-0.2, -0.15) is 5.10 Å². The zero-order chi connectivity index (χ0) is 13.5. The summed E-state index contributed by atoms with van der Waals surface area (Å²) in [5, 5.41) is 6.13. The smallest absolute Gasteiger partial charge is 0.0548 e. The molecule has 0 atom stereocenters. The summed E-state index contributed by atoms with van der Waals surface area (Å²) in [6.45, 7) is 0. The topological polar surface area (TPSA) is 15.6 Å². The van der Waals surface area contributed by atoms with Gasteiger partial charge < -0.3 is 5.01 Å². The van der Waals surface area contributed by atoms with Crippen LogP contribution in [0.25, 0.3) is 11.6 Å². The van der Waals surface area contributed by atoms with E-state index in [4.69, 9.17) is 0 Å². The quantitative estimate of drug-likeness (QED) is 0.458. The predicted octanol–water partition coefficient (Wildman–Crippen LogP) is 3.77. The van der Waals surface area contributed by atoms with E-state index in [1.807, 2.05) is 56.7 Å². The number of benzene rings is 2. The first kappa shape index (κ1) is 13.1. The van der Waals surface area contributed by atoms with E-state index in [1.165, 1.54) is 5.56 Å². The minimum atomic E-state index is 1.10. The SMILES string of the molecule is CN(C)/N=C/C(=C/c1ccccc1)c1ccccc1. The molecule has 0 aliphatic carbocycles. The fraction of sp³-hybridized carbons (Fsp3) is 0.118. The van der Waals surface area contributed by atoms with Gasteiger partial charge >= 0.3 is 0 Å². The molecule has 2 rings (SSSR count). The van der Waals surface area contributed by atoms with Crippen LogP contribution in [-0.2, 0) is 0 Å². The van der Waals surface area contributed by atoms with Crippen LogP contribution in [0.1, 0.15) is 11.1 Å². The molecule has 2 heteroatoms. The average Bonchev–Trinajstić information content (AvgIpc) is 2.45. The molecular weight excluding hydrogens is 232 g/mol. The summed E-state index contributed by atoms with van der Waals surface area (Å²) in [6.07, 6.45) is 4.03. The molecule has 0 aliphatic heterocycles. The predicted molar refractivity (Wildman–Crippen MR) is 82.9 cm³/mol. The lowest BCUT2D eigenvalue weighted by Gasteiger charge is -2.06. The molecule has 0 spiro atoms. The normalized spacial score (nSPS) is 11.8. The van der Waals surface area contributed by atoms with Crippen LogP contribution in [0.5, 0.6) is 0 Å². The van der Waals surface area contributed by atoms with Gasteiger partial charge in [0.25, 0.3) is 0 Å². The lowest BCUT2D eigenvalue weighted by Crippen LogP contribution is -2.02. The Balaban J connectivity index is 2.38. The van der Waals surface area contributed by atoms with Crippen molar-refractivity contribution < 1.29 is 0 Å². The monoisotopic (exact) mass is 250 g/mol. The highest BCUT2D eigenvalue weighted by atomic mass is 15.4. The van der Waals surface area contributed by atoms with E-state index in [1.54, 1.807) is 5.01 Å². The van der Waals surface area contributed by atoms with Crippen LogP contribution in [0, 0.1) is 0 Å². The first-order valence-electron chi connectivity index (χ1n) is 6.29. The van der Waals surface area contributed by atoms with Crippen molar-refractivity contribution in [1.29, 1.82) is 0 Å². The van der Waals surface area contributed by atoms with Gasteiger partial charge in [-0.15, -0.1) is 0 Å². The zero-order valence-corrected chi connectivity index (χ0v) is 11.3. The van der Waals surface area contributed by atoms with Crippen molar-refractivity contribution in [1.82, 2.24) is 5.01 Å². The van der Waals surface area contributed by atoms with Crippen LogP contribution in [0.4, 0.5) is 0 Å². The molecule has 2 aromatic carbocycles. The van der Waals surface area contributed by atoms with Crippen molar-refractivity contribution in [2.45, 2.75) is 0 Å². The Morgan fingerprint density at radius 2 is 1.47 bits per heavy atom. The molecule has 0 bridgehead atoms. The molecule has 2 nitrogen and oxygen atoms in total. The molecule has 2 aromatic rings. The van der Waals surface area contributed by atoms with Crippen molar-refractivity contribution in [3.05, 3.63) is 71.8 Å². The fourth-order valence-electron chi connectivity index (χ4n) is 1.73.